The molecule has 1 aliphatic rings. The van der Waals surface area contributed by atoms with E-state index in [-0.39, 0.29) is 28.7 Å². The van der Waals surface area contributed by atoms with E-state index < -0.39 is 17.6 Å². The van der Waals surface area contributed by atoms with Crippen LogP contribution in [0.25, 0.3) is 0 Å². The first kappa shape index (κ1) is 24.8. The third-order valence-corrected chi connectivity index (χ3v) is 5.12. The molecule has 0 aromatic carbocycles. The number of carbonyl (C=O) groups excluding carboxylic acids is 3. The molecular formula is C20H28ClN5O4S. The van der Waals surface area contributed by atoms with Crippen LogP contribution in [0.15, 0.2) is 18.3 Å². The number of ether oxygens (including phenoxy) is 1. The molecule has 1 aromatic heterocycles. The lowest BCUT2D eigenvalue weighted by atomic mass is 9.85. The highest BCUT2D eigenvalue weighted by Crippen LogP contribution is 2.28. The van der Waals surface area contributed by atoms with E-state index in [1.54, 1.807) is 33.9 Å². The van der Waals surface area contributed by atoms with Crippen LogP contribution < -0.4 is 16.1 Å². The largest absolute Gasteiger partial charge is 0.442 e. The van der Waals surface area contributed by atoms with Crippen molar-refractivity contribution >= 4 is 52.5 Å². The molecule has 1 saturated carbocycles. The Morgan fingerprint density at radius 2 is 1.97 bits per heavy atom. The summed E-state index contributed by atoms with van der Waals surface area (Å²) in [7, 11) is 1.58. The third-order valence-electron chi connectivity index (χ3n) is 4.62. The molecule has 0 bridgehead atoms. The van der Waals surface area contributed by atoms with E-state index in [2.05, 4.69) is 21.0 Å². The molecular weight excluding hydrogens is 442 g/mol. The molecule has 11 heteroatoms. The molecule has 0 saturated heterocycles. The first-order valence-corrected chi connectivity index (χ1v) is 10.8. The molecule has 3 N–H and O–H groups in total. The van der Waals surface area contributed by atoms with E-state index in [9.17, 15) is 14.4 Å². The van der Waals surface area contributed by atoms with Gasteiger partial charge in [0.1, 0.15) is 11.4 Å². The summed E-state index contributed by atoms with van der Waals surface area (Å²) >= 11 is 11.0. The molecule has 2 atom stereocenters. The van der Waals surface area contributed by atoms with Gasteiger partial charge in [0.05, 0.1) is 11.1 Å². The second kappa shape index (κ2) is 10.7. The van der Waals surface area contributed by atoms with Crippen LogP contribution in [0.5, 0.6) is 0 Å². The van der Waals surface area contributed by atoms with Crippen LogP contribution in [-0.2, 0) is 14.3 Å². The predicted octanol–water partition coefficient (Wildman–Crippen LogP) is 3.05. The van der Waals surface area contributed by atoms with E-state index >= 15 is 0 Å². The maximum atomic E-state index is 12.9. The zero-order valence-corrected chi connectivity index (χ0v) is 19.6. The van der Waals surface area contributed by atoms with Crippen molar-refractivity contribution in [2.24, 2.45) is 5.92 Å². The van der Waals surface area contributed by atoms with E-state index in [4.69, 9.17) is 28.6 Å². The SMILES string of the molecule is CNC(=O)[C@H]1CCCC(N(NC(=S)C(=O)Nc2ccc(Cl)cn2)C(=O)OC(C)(C)C)C1. The minimum Gasteiger partial charge on any atom is -0.442 e. The number of nitrogens with one attached hydrogen (secondary N) is 3. The highest BCUT2D eigenvalue weighted by atomic mass is 35.5. The van der Waals surface area contributed by atoms with Gasteiger partial charge in [-0.2, -0.15) is 0 Å². The fraction of sp³-hybridized carbons (Fsp3) is 0.550. The second-order valence-corrected chi connectivity index (χ2v) is 9.08. The zero-order chi connectivity index (χ0) is 23.2. The van der Waals surface area contributed by atoms with Crippen molar-refractivity contribution in [3.63, 3.8) is 0 Å². The molecule has 3 amide bonds. The van der Waals surface area contributed by atoms with Crippen molar-refractivity contribution in [3.05, 3.63) is 23.4 Å². The van der Waals surface area contributed by atoms with Gasteiger partial charge in [-0.05, 0) is 52.2 Å². The molecule has 170 valence electrons. The summed E-state index contributed by atoms with van der Waals surface area (Å²) in [4.78, 5) is 41.3. The monoisotopic (exact) mass is 469 g/mol. The number of anilines is 1. The summed E-state index contributed by atoms with van der Waals surface area (Å²) in [5.74, 6) is -0.698. The zero-order valence-electron chi connectivity index (χ0n) is 18.0. The van der Waals surface area contributed by atoms with Gasteiger partial charge in [-0.3, -0.25) is 15.0 Å². The van der Waals surface area contributed by atoms with Gasteiger partial charge in [0, 0.05) is 19.2 Å². The average molecular weight is 470 g/mol. The molecule has 1 unspecified atom stereocenters. The van der Waals surface area contributed by atoms with Gasteiger partial charge < -0.3 is 15.4 Å². The van der Waals surface area contributed by atoms with Gasteiger partial charge >= 0.3 is 6.09 Å². The molecule has 0 radical (unpaired) electrons. The molecule has 1 aliphatic carbocycles. The van der Waals surface area contributed by atoms with E-state index in [0.717, 1.165) is 12.8 Å². The predicted molar refractivity (Wildman–Crippen MR) is 121 cm³/mol. The summed E-state index contributed by atoms with van der Waals surface area (Å²) in [6.07, 6.45) is 3.26. The van der Waals surface area contributed by atoms with Crippen molar-refractivity contribution in [2.45, 2.75) is 58.1 Å². The molecule has 0 aliphatic heterocycles. The van der Waals surface area contributed by atoms with Crippen molar-refractivity contribution in [2.75, 3.05) is 12.4 Å². The number of nitrogens with zero attached hydrogens (tertiary/aromatic N) is 2. The van der Waals surface area contributed by atoms with E-state index in [0.29, 0.717) is 17.9 Å². The number of hydrogen-bond acceptors (Lipinski definition) is 6. The number of halogens is 1. The first-order chi connectivity index (χ1) is 14.5. The highest BCUT2D eigenvalue weighted by molar-refractivity contribution is 7.82. The van der Waals surface area contributed by atoms with Crippen LogP contribution in [-0.4, -0.2) is 51.6 Å². The number of hydrazine groups is 1. The maximum Gasteiger partial charge on any atom is 0.429 e. The van der Waals surface area contributed by atoms with Gasteiger partial charge in [0.25, 0.3) is 5.91 Å². The van der Waals surface area contributed by atoms with Crippen molar-refractivity contribution < 1.29 is 19.1 Å². The van der Waals surface area contributed by atoms with Crippen LogP contribution in [0, 0.1) is 5.92 Å². The molecule has 1 aromatic rings. The van der Waals surface area contributed by atoms with Gasteiger partial charge in [-0.25, -0.2) is 14.8 Å². The van der Waals surface area contributed by atoms with E-state index in [1.807, 2.05) is 0 Å². The average Bonchev–Trinajstić information content (AvgIpc) is 2.71. The van der Waals surface area contributed by atoms with Crippen LogP contribution in [0.2, 0.25) is 5.02 Å². The number of rotatable bonds is 3. The Balaban J connectivity index is 2.14. The van der Waals surface area contributed by atoms with Crippen LogP contribution in [0.4, 0.5) is 10.6 Å². The van der Waals surface area contributed by atoms with Gasteiger partial charge in [-0.1, -0.05) is 30.2 Å². The van der Waals surface area contributed by atoms with Gasteiger partial charge in [-0.15, -0.1) is 0 Å². The second-order valence-electron chi connectivity index (χ2n) is 8.24. The number of aromatic nitrogens is 1. The molecule has 9 nitrogen and oxygen atoms in total. The lowest BCUT2D eigenvalue weighted by Crippen LogP contribution is -2.56. The molecule has 1 heterocycles. The maximum absolute atomic E-state index is 12.9. The van der Waals surface area contributed by atoms with Crippen molar-refractivity contribution in [3.8, 4) is 0 Å². The normalized spacial score (nSPS) is 18.5. The fourth-order valence-electron chi connectivity index (χ4n) is 3.22. The minimum atomic E-state index is -0.747. The minimum absolute atomic E-state index is 0.0806. The summed E-state index contributed by atoms with van der Waals surface area (Å²) in [6, 6.07) is 2.74. The Hall–Kier alpha value is -2.46. The van der Waals surface area contributed by atoms with Gasteiger partial charge in [0.2, 0.25) is 5.91 Å². The Morgan fingerprint density at radius 1 is 1.26 bits per heavy atom. The molecule has 0 spiro atoms. The topological polar surface area (TPSA) is 113 Å². The van der Waals surface area contributed by atoms with Crippen molar-refractivity contribution in [1.29, 1.82) is 0 Å². The number of amides is 3. The summed E-state index contributed by atoms with van der Waals surface area (Å²) < 4.78 is 5.49. The van der Waals surface area contributed by atoms with Crippen molar-refractivity contribution in [1.82, 2.24) is 20.7 Å². The van der Waals surface area contributed by atoms with Crippen LogP contribution in [0.1, 0.15) is 46.5 Å². The Bertz CT molecular complexity index is 828. The summed E-state index contributed by atoms with van der Waals surface area (Å²) in [6.45, 7) is 5.23. The molecule has 2 rings (SSSR count). The molecule has 31 heavy (non-hydrogen) atoms. The fourth-order valence-corrected chi connectivity index (χ4v) is 3.48. The standard InChI is InChI=1S/C20H28ClN5O4S/c1-20(2,3)30-19(29)26(14-7-5-6-12(10-14)16(27)22-4)25-18(31)17(28)24-15-9-8-13(21)11-23-15/h8-9,11-12,14H,5-7,10H2,1-4H3,(H,22,27)(H,25,31)(H,23,24,28)/t12-,14?/m0/s1. The van der Waals surface area contributed by atoms with Gasteiger partial charge in [0.15, 0.2) is 4.99 Å². The lowest BCUT2D eigenvalue weighted by molar-refractivity contribution is -0.126. The Morgan fingerprint density at radius 3 is 2.55 bits per heavy atom. The Labute approximate surface area is 192 Å². The number of pyridine rings is 1. The third kappa shape index (κ3) is 7.62. The summed E-state index contributed by atoms with van der Waals surface area (Å²) in [5.41, 5.74) is 1.96. The first-order valence-electron chi connectivity index (χ1n) is 9.97. The lowest BCUT2D eigenvalue weighted by Gasteiger charge is -2.37. The number of hydrogen-bond donors (Lipinski definition) is 3. The summed E-state index contributed by atoms with van der Waals surface area (Å²) in [5, 5.41) is 6.85. The van der Waals surface area contributed by atoms with E-state index in [1.165, 1.54) is 17.3 Å². The smallest absolute Gasteiger partial charge is 0.429 e. The quantitative estimate of drug-likeness (QED) is 0.460. The number of thiocarbonyl (C=S) groups is 1. The Kier molecular flexibility index (Phi) is 8.58. The van der Waals surface area contributed by atoms with Crippen LogP contribution >= 0.6 is 23.8 Å². The number of carbonyl (C=O) groups is 3. The highest BCUT2D eigenvalue weighted by Gasteiger charge is 2.35. The molecule has 1 fully saturated rings. The van der Waals surface area contributed by atoms with Crippen LogP contribution in [0.3, 0.4) is 0 Å².